The van der Waals surface area contributed by atoms with Crippen LogP contribution in [0.1, 0.15) is 47.2 Å². The quantitative estimate of drug-likeness (QED) is 0.684. The van der Waals surface area contributed by atoms with Crippen LogP contribution in [0.5, 0.6) is 0 Å². The Labute approximate surface area is 164 Å². The van der Waals surface area contributed by atoms with E-state index in [1.54, 1.807) is 28.4 Å². The molecule has 0 aliphatic heterocycles. The number of nitrogens with one attached hydrogen (secondary N) is 1. The zero-order chi connectivity index (χ0) is 20.1. The molecule has 2 aromatic heterocycles. The van der Waals surface area contributed by atoms with Crippen molar-refractivity contribution in [3.8, 4) is 0 Å². The van der Waals surface area contributed by atoms with Crippen LogP contribution in [0.4, 0.5) is 0 Å². The van der Waals surface area contributed by atoms with Gasteiger partial charge in [0, 0.05) is 19.3 Å². The number of aromatic nitrogens is 4. The van der Waals surface area contributed by atoms with E-state index < -0.39 is 5.91 Å². The van der Waals surface area contributed by atoms with E-state index in [1.807, 2.05) is 44.2 Å². The highest BCUT2D eigenvalue weighted by atomic mass is 16.2. The van der Waals surface area contributed by atoms with Crippen molar-refractivity contribution >= 4 is 5.91 Å². The number of hydrogen-bond acceptors (Lipinski definition) is 4. The van der Waals surface area contributed by atoms with Gasteiger partial charge in [-0.1, -0.05) is 30.3 Å². The maximum Gasteiger partial charge on any atom is 0.263 e. The first-order chi connectivity index (χ1) is 13.5. The predicted molar refractivity (Wildman–Crippen MR) is 107 cm³/mol. The second-order valence-corrected chi connectivity index (χ2v) is 6.74. The van der Waals surface area contributed by atoms with Crippen molar-refractivity contribution in [2.45, 2.75) is 46.3 Å². The molecule has 146 valence electrons. The van der Waals surface area contributed by atoms with Crippen LogP contribution in [-0.4, -0.2) is 25.2 Å². The lowest BCUT2D eigenvalue weighted by atomic mass is 10.1. The number of carbonyl (C=O) groups is 1. The normalized spacial score (nSPS) is 12.0. The van der Waals surface area contributed by atoms with Crippen molar-refractivity contribution in [2.75, 3.05) is 0 Å². The van der Waals surface area contributed by atoms with Gasteiger partial charge in [-0.05, 0) is 44.4 Å². The van der Waals surface area contributed by atoms with Crippen LogP contribution in [-0.2, 0) is 19.5 Å². The largest absolute Gasteiger partial charge is 0.342 e. The fourth-order valence-corrected chi connectivity index (χ4v) is 3.20. The van der Waals surface area contributed by atoms with E-state index in [1.165, 1.54) is 6.33 Å². The number of carbonyl (C=O) groups excluding carboxylic acids is 1. The Morgan fingerprint density at radius 2 is 1.96 bits per heavy atom. The van der Waals surface area contributed by atoms with E-state index in [2.05, 4.69) is 15.4 Å². The molecule has 1 unspecified atom stereocenters. The molecule has 0 saturated heterocycles. The van der Waals surface area contributed by atoms with Gasteiger partial charge in [-0.25, -0.2) is 9.67 Å². The van der Waals surface area contributed by atoms with Crippen molar-refractivity contribution in [3.63, 3.8) is 0 Å². The van der Waals surface area contributed by atoms with Crippen LogP contribution >= 0.6 is 0 Å². The van der Waals surface area contributed by atoms with Gasteiger partial charge < -0.3 is 9.88 Å². The highest BCUT2D eigenvalue weighted by Crippen LogP contribution is 2.11. The van der Waals surface area contributed by atoms with Crippen LogP contribution in [0.15, 0.2) is 53.7 Å². The van der Waals surface area contributed by atoms with E-state index in [4.69, 9.17) is 0 Å². The highest BCUT2D eigenvalue weighted by Gasteiger charge is 2.20. The fraction of sp³-hybridized carbons (Fsp3) is 0.333. The highest BCUT2D eigenvalue weighted by molar-refractivity contribution is 5.95. The molecule has 0 bridgehead atoms. The van der Waals surface area contributed by atoms with Crippen LogP contribution in [0.3, 0.4) is 0 Å². The van der Waals surface area contributed by atoms with Gasteiger partial charge in [0.25, 0.3) is 11.5 Å². The summed E-state index contributed by atoms with van der Waals surface area (Å²) in [4.78, 5) is 30.0. The number of nitrogens with zero attached hydrogens (tertiary/aromatic N) is 4. The Balaban J connectivity index is 1.79. The van der Waals surface area contributed by atoms with E-state index >= 15 is 0 Å². The van der Waals surface area contributed by atoms with E-state index in [0.717, 1.165) is 12.0 Å². The lowest BCUT2D eigenvalue weighted by Gasteiger charge is -2.15. The van der Waals surface area contributed by atoms with Gasteiger partial charge in [-0.15, -0.1) is 0 Å². The molecule has 1 aromatic carbocycles. The van der Waals surface area contributed by atoms with Crippen LogP contribution in [0.25, 0.3) is 0 Å². The summed E-state index contributed by atoms with van der Waals surface area (Å²) in [5, 5.41) is 7.01. The van der Waals surface area contributed by atoms with Crippen molar-refractivity contribution in [1.29, 1.82) is 0 Å². The number of hydrogen-bond donors (Lipinski definition) is 1. The SMILES string of the molecule is CCn1ncnc1C(C)NC(=O)c1c(C)ccn(CCc2ccccc2)c1=O. The minimum Gasteiger partial charge on any atom is -0.342 e. The van der Waals surface area contributed by atoms with Crippen molar-refractivity contribution in [1.82, 2.24) is 24.6 Å². The summed E-state index contributed by atoms with van der Waals surface area (Å²) >= 11 is 0. The number of amides is 1. The van der Waals surface area contributed by atoms with E-state index in [9.17, 15) is 9.59 Å². The molecule has 2 heterocycles. The lowest BCUT2D eigenvalue weighted by Crippen LogP contribution is -2.36. The van der Waals surface area contributed by atoms with Gasteiger partial charge in [0.1, 0.15) is 17.7 Å². The molecule has 3 aromatic rings. The molecule has 0 aliphatic carbocycles. The molecule has 1 N–H and O–H groups in total. The molecule has 0 spiro atoms. The smallest absolute Gasteiger partial charge is 0.263 e. The molecule has 1 atom stereocenters. The molecular formula is C21H25N5O2. The van der Waals surface area contributed by atoms with Crippen LogP contribution < -0.4 is 10.9 Å². The third-order valence-electron chi connectivity index (χ3n) is 4.76. The molecular weight excluding hydrogens is 354 g/mol. The summed E-state index contributed by atoms with van der Waals surface area (Å²) in [7, 11) is 0. The Morgan fingerprint density at radius 1 is 1.21 bits per heavy atom. The monoisotopic (exact) mass is 379 g/mol. The number of benzene rings is 1. The number of rotatable bonds is 7. The number of pyridine rings is 1. The first-order valence-corrected chi connectivity index (χ1v) is 9.43. The summed E-state index contributed by atoms with van der Waals surface area (Å²) in [5.41, 5.74) is 1.69. The van der Waals surface area contributed by atoms with E-state index in [-0.39, 0.29) is 17.2 Å². The standard InChI is InChI=1S/C21H25N5O2/c1-4-26-19(22-14-23-26)16(3)24-20(27)18-15(2)10-12-25(21(18)28)13-11-17-8-6-5-7-9-17/h5-10,12,14,16H,4,11,13H2,1-3H3,(H,24,27). The van der Waals surface area contributed by atoms with Gasteiger partial charge in [0.2, 0.25) is 0 Å². The topological polar surface area (TPSA) is 81.8 Å². The van der Waals surface area contributed by atoms with Crippen molar-refractivity contribution in [3.05, 3.63) is 81.8 Å². The maximum absolute atomic E-state index is 12.9. The van der Waals surface area contributed by atoms with Gasteiger partial charge in [-0.3, -0.25) is 9.59 Å². The lowest BCUT2D eigenvalue weighted by molar-refractivity contribution is 0.0934. The minimum atomic E-state index is -0.394. The third-order valence-corrected chi connectivity index (χ3v) is 4.76. The fourth-order valence-electron chi connectivity index (χ4n) is 3.20. The van der Waals surface area contributed by atoms with Crippen LogP contribution in [0.2, 0.25) is 0 Å². The average Bonchev–Trinajstić information content (AvgIpc) is 3.17. The Morgan fingerprint density at radius 3 is 2.68 bits per heavy atom. The Hall–Kier alpha value is -3.22. The Kier molecular flexibility index (Phi) is 6.03. The van der Waals surface area contributed by atoms with E-state index in [0.29, 0.717) is 24.5 Å². The second-order valence-electron chi connectivity index (χ2n) is 6.74. The van der Waals surface area contributed by atoms with Gasteiger partial charge >= 0.3 is 0 Å². The average molecular weight is 379 g/mol. The van der Waals surface area contributed by atoms with Crippen molar-refractivity contribution < 1.29 is 4.79 Å². The molecule has 28 heavy (non-hydrogen) atoms. The first-order valence-electron chi connectivity index (χ1n) is 9.43. The molecule has 3 rings (SSSR count). The van der Waals surface area contributed by atoms with Gasteiger partial charge in [0.15, 0.2) is 0 Å². The summed E-state index contributed by atoms with van der Waals surface area (Å²) in [6.07, 6.45) is 3.93. The molecule has 0 radical (unpaired) electrons. The Bertz CT molecular complexity index is 1010. The predicted octanol–water partition coefficient (Wildman–Crippen LogP) is 2.50. The third kappa shape index (κ3) is 4.19. The molecule has 1 amide bonds. The zero-order valence-electron chi connectivity index (χ0n) is 16.4. The summed E-state index contributed by atoms with van der Waals surface area (Å²) in [6, 6.07) is 11.4. The summed E-state index contributed by atoms with van der Waals surface area (Å²) in [5.74, 6) is 0.267. The number of aryl methyl sites for hydroxylation is 4. The first kappa shape index (κ1) is 19.5. The minimum absolute atomic E-state index is 0.171. The zero-order valence-corrected chi connectivity index (χ0v) is 16.4. The maximum atomic E-state index is 12.9. The molecule has 0 saturated carbocycles. The molecule has 7 heteroatoms. The summed E-state index contributed by atoms with van der Waals surface area (Å²) < 4.78 is 3.31. The molecule has 0 fully saturated rings. The van der Waals surface area contributed by atoms with Crippen LogP contribution in [0, 0.1) is 6.92 Å². The van der Waals surface area contributed by atoms with Gasteiger partial charge in [0.05, 0.1) is 6.04 Å². The molecule has 7 nitrogen and oxygen atoms in total. The van der Waals surface area contributed by atoms with Gasteiger partial charge in [-0.2, -0.15) is 5.10 Å². The molecule has 0 aliphatic rings. The summed E-state index contributed by atoms with van der Waals surface area (Å²) in [6.45, 7) is 6.74. The second kappa shape index (κ2) is 8.65. The van der Waals surface area contributed by atoms with Crippen molar-refractivity contribution in [2.24, 2.45) is 0 Å².